The zero-order valence-electron chi connectivity index (χ0n) is 11.4. The number of benzene rings is 1. The average molecular weight is 377 g/mol. The van der Waals surface area contributed by atoms with Gasteiger partial charge in [-0.25, -0.2) is 17.9 Å². The molecule has 2 aromatic rings. The standard InChI is InChI=1S/C12H14BrFN4O2S/c1-7(2)6-18-11(16-17-12(18)21(15,19)20)9-4-3-8(14)5-10(9)13/h3-5,7H,6H2,1-2H3,(H2,15,19,20). The number of rotatable bonds is 4. The van der Waals surface area contributed by atoms with Crippen molar-refractivity contribution >= 4 is 26.0 Å². The third kappa shape index (κ3) is 3.47. The van der Waals surface area contributed by atoms with Gasteiger partial charge in [0, 0.05) is 16.6 Å². The molecule has 0 aliphatic heterocycles. The van der Waals surface area contributed by atoms with E-state index in [9.17, 15) is 12.8 Å². The molecule has 0 fully saturated rings. The van der Waals surface area contributed by atoms with E-state index in [2.05, 4.69) is 26.1 Å². The van der Waals surface area contributed by atoms with Crippen LogP contribution in [0.25, 0.3) is 11.4 Å². The van der Waals surface area contributed by atoms with E-state index in [4.69, 9.17) is 5.14 Å². The number of nitrogens with zero attached hydrogens (tertiary/aromatic N) is 3. The van der Waals surface area contributed by atoms with Gasteiger partial charge in [0.1, 0.15) is 5.82 Å². The third-order valence-corrected chi connectivity index (χ3v) is 4.16. The van der Waals surface area contributed by atoms with Crippen LogP contribution in [0.5, 0.6) is 0 Å². The monoisotopic (exact) mass is 376 g/mol. The first kappa shape index (κ1) is 16.1. The van der Waals surface area contributed by atoms with Crippen molar-refractivity contribution in [1.29, 1.82) is 0 Å². The largest absolute Gasteiger partial charge is 0.296 e. The molecule has 1 aromatic carbocycles. The fraction of sp³-hybridized carbons (Fsp3) is 0.333. The smallest absolute Gasteiger partial charge is 0.273 e. The van der Waals surface area contributed by atoms with Crippen LogP contribution in [0.4, 0.5) is 4.39 Å². The second-order valence-electron chi connectivity index (χ2n) is 4.98. The lowest BCUT2D eigenvalue weighted by molar-refractivity contribution is 0.486. The highest BCUT2D eigenvalue weighted by molar-refractivity contribution is 9.10. The maximum Gasteiger partial charge on any atom is 0.273 e. The quantitative estimate of drug-likeness (QED) is 0.884. The normalized spacial score (nSPS) is 12.1. The molecule has 2 N–H and O–H groups in total. The lowest BCUT2D eigenvalue weighted by Crippen LogP contribution is -2.20. The van der Waals surface area contributed by atoms with Gasteiger partial charge < -0.3 is 0 Å². The van der Waals surface area contributed by atoms with Crippen LogP contribution < -0.4 is 5.14 Å². The van der Waals surface area contributed by atoms with E-state index >= 15 is 0 Å². The molecule has 114 valence electrons. The zero-order chi connectivity index (χ0) is 15.8. The van der Waals surface area contributed by atoms with Gasteiger partial charge in [0.15, 0.2) is 5.82 Å². The first-order chi connectivity index (χ1) is 9.70. The summed E-state index contributed by atoms with van der Waals surface area (Å²) in [5, 5.41) is 12.4. The molecule has 0 bridgehead atoms. The van der Waals surface area contributed by atoms with Crippen LogP contribution in [0.1, 0.15) is 13.8 Å². The molecule has 1 heterocycles. The molecule has 0 spiro atoms. The van der Waals surface area contributed by atoms with Crippen molar-refractivity contribution in [2.24, 2.45) is 11.1 Å². The van der Waals surface area contributed by atoms with Gasteiger partial charge in [0.2, 0.25) is 0 Å². The summed E-state index contributed by atoms with van der Waals surface area (Å²) in [5.74, 6) is 0.0614. The van der Waals surface area contributed by atoms with E-state index in [1.165, 1.54) is 22.8 Å². The van der Waals surface area contributed by atoms with Gasteiger partial charge in [0.05, 0.1) is 0 Å². The lowest BCUT2D eigenvalue weighted by Gasteiger charge is -2.12. The number of nitrogens with two attached hydrogens (primary N) is 1. The molecule has 6 nitrogen and oxygen atoms in total. The highest BCUT2D eigenvalue weighted by atomic mass is 79.9. The third-order valence-electron chi connectivity index (χ3n) is 2.69. The maximum absolute atomic E-state index is 13.2. The van der Waals surface area contributed by atoms with E-state index in [0.717, 1.165) is 0 Å². The second kappa shape index (κ2) is 5.82. The fourth-order valence-electron chi connectivity index (χ4n) is 1.90. The predicted molar refractivity (Wildman–Crippen MR) is 79.3 cm³/mol. The summed E-state index contributed by atoms with van der Waals surface area (Å²) in [6.07, 6.45) is 0. The van der Waals surface area contributed by atoms with Crippen LogP contribution in [-0.2, 0) is 16.6 Å². The number of halogens is 2. The molecule has 9 heteroatoms. The minimum absolute atomic E-state index is 0.152. The fourth-order valence-corrected chi connectivity index (χ4v) is 3.05. The van der Waals surface area contributed by atoms with E-state index in [-0.39, 0.29) is 11.1 Å². The number of hydrogen-bond donors (Lipinski definition) is 1. The molecule has 0 aliphatic carbocycles. The molecule has 0 atom stereocenters. The Bertz CT molecular complexity index is 774. The molecule has 0 saturated heterocycles. The maximum atomic E-state index is 13.2. The molecule has 0 radical (unpaired) electrons. The summed E-state index contributed by atoms with van der Waals surface area (Å²) >= 11 is 3.24. The average Bonchev–Trinajstić information content (AvgIpc) is 2.71. The predicted octanol–water partition coefficient (Wildman–Crippen LogP) is 2.15. The molecular weight excluding hydrogens is 363 g/mol. The van der Waals surface area contributed by atoms with Crippen LogP contribution in [0, 0.1) is 11.7 Å². The van der Waals surface area contributed by atoms with Gasteiger partial charge in [-0.1, -0.05) is 13.8 Å². The number of sulfonamides is 1. The van der Waals surface area contributed by atoms with E-state index in [1.807, 2.05) is 13.8 Å². The number of hydrogen-bond acceptors (Lipinski definition) is 4. The Morgan fingerprint density at radius 2 is 2.05 bits per heavy atom. The Labute approximate surface area is 130 Å². The van der Waals surface area contributed by atoms with Gasteiger partial charge in [-0.3, -0.25) is 4.57 Å². The van der Waals surface area contributed by atoms with Crippen LogP contribution in [0.2, 0.25) is 0 Å². The highest BCUT2D eigenvalue weighted by Crippen LogP contribution is 2.29. The van der Waals surface area contributed by atoms with E-state index in [1.54, 1.807) is 0 Å². The summed E-state index contributed by atoms with van der Waals surface area (Å²) in [6.45, 7) is 4.23. The van der Waals surface area contributed by atoms with E-state index in [0.29, 0.717) is 22.4 Å². The van der Waals surface area contributed by atoms with Crippen LogP contribution in [0.15, 0.2) is 27.8 Å². The number of primary sulfonamides is 1. The summed E-state index contributed by atoms with van der Waals surface area (Å²) in [7, 11) is -3.99. The van der Waals surface area contributed by atoms with Crippen molar-refractivity contribution in [3.05, 3.63) is 28.5 Å². The van der Waals surface area contributed by atoms with Crippen molar-refractivity contribution in [3.8, 4) is 11.4 Å². The molecule has 1 aromatic heterocycles. The Balaban J connectivity index is 2.66. The lowest BCUT2D eigenvalue weighted by atomic mass is 10.2. The molecule has 0 unspecified atom stereocenters. The summed E-state index contributed by atoms with van der Waals surface area (Å²) in [4.78, 5) is 0. The number of aromatic nitrogens is 3. The van der Waals surface area contributed by atoms with E-state index < -0.39 is 15.8 Å². The van der Waals surface area contributed by atoms with Crippen molar-refractivity contribution in [2.45, 2.75) is 25.5 Å². The second-order valence-corrected chi connectivity index (χ2v) is 7.29. The first-order valence-electron chi connectivity index (χ1n) is 6.11. The Kier molecular flexibility index (Phi) is 4.45. The van der Waals surface area contributed by atoms with Gasteiger partial charge in [-0.2, -0.15) is 0 Å². The molecular formula is C12H14BrFN4O2S. The van der Waals surface area contributed by atoms with Crippen LogP contribution >= 0.6 is 15.9 Å². The summed E-state index contributed by atoms with van der Waals surface area (Å²) < 4.78 is 38.3. The summed E-state index contributed by atoms with van der Waals surface area (Å²) in [6, 6.07) is 4.05. The van der Waals surface area contributed by atoms with Gasteiger partial charge in [0.25, 0.3) is 15.2 Å². The SMILES string of the molecule is CC(C)Cn1c(-c2ccc(F)cc2Br)nnc1S(N)(=O)=O. The van der Waals surface area contributed by atoms with Crippen LogP contribution in [0.3, 0.4) is 0 Å². The Morgan fingerprint density at radius 1 is 1.38 bits per heavy atom. The first-order valence-corrected chi connectivity index (χ1v) is 8.45. The van der Waals surface area contributed by atoms with Crippen molar-refractivity contribution in [3.63, 3.8) is 0 Å². The molecule has 0 saturated carbocycles. The summed E-state index contributed by atoms with van der Waals surface area (Å²) in [5.41, 5.74) is 0.541. The topological polar surface area (TPSA) is 90.9 Å². The van der Waals surface area contributed by atoms with Gasteiger partial charge in [-0.05, 0) is 40.0 Å². The van der Waals surface area contributed by atoms with Crippen molar-refractivity contribution in [1.82, 2.24) is 14.8 Å². The molecule has 0 aliphatic rings. The minimum atomic E-state index is -3.99. The molecule has 2 rings (SSSR count). The Hall–Kier alpha value is -1.32. The van der Waals surface area contributed by atoms with Crippen LogP contribution in [-0.4, -0.2) is 23.2 Å². The van der Waals surface area contributed by atoms with Gasteiger partial charge in [-0.15, -0.1) is 10.2 Å². The zero-order valence-corrected chi connectivity index (χ0v) is 13.8. The van der Waals surface area contributed by atoms with Crippen molar-refractivity contribution in [2.75, 3.05) is 0 Å². The molecule has 0 amide bonds. The van der Waals surface area contributed by atoms with Crippen molar-refractivity contribution < 1.29 is 12.8 Å². The minimum Gasteiger partial charge on any atom is -0.296 e. The van der Waals surface area contributed by atoms with Gasteiger partial charge >= 0.3 is 0 Å². The molecule has 21 heavy (non-hydrogen) atoms. The Morgan fingerprint density at radius 3 is 2.57 bits per heavy atom. The highest BCUT2D eigenvalue weighted by Gasteiger charge is 2.23.